The minimum Gasteiger partial charge on any atom is -0.355 e. The number of para-hydroxylation sites is 2. The number of nitrogens with one attached hydrogen (secondary N) is 1. The van der Waals surface area contributed by atoms with Gasteiger partial charge in [-0.25, -0.2) is 4.98 Å². The maximum absolute atomic E-state index is 11.8. The van der Waals surface area contributed by atoms with E-state index in [9.17, 15) is 4.79 Å². The molecule has 1 N–H and O–H groups in total. The molecule has 5 heteroatoms. The van der Waals surface area contributed by atoms with Crippen LogP contribution in [0.25, 0.3) is 11.0 Å². The van der Waals surface area contributed by atoms with Crippen LogP contribution in [-0.2, 0) is 17.8 Å². The summed E-state index contributed by atoms with van der Waals surface area (Å²) in [6, 6.07) is 16.6. The SMILES string of the molecule is O=C(NCCc1nc2ccccc2n1Cc1ccc(Br)cc1)C1CC1. The summed E-state index contributed by atoms with van der Waals surface area (Å²) < 4.78 is 3.33. The number of carbonyl (C=O) groups excluding carboxylic acids is 1. The fraction of sp³-hybridized carbons (Fsp3) is 0.300. The first-order valence-electron chi connectivity index (χ1n) is 8.67. The molecule has 1 saturated carbocycles. The monoisotopic (exact) mass is 397 g/mol. The lowest BCUT2D eigenvalue weighted by atomic mass is 10.2. The van der Waals surface area contributed by atoms with E-state index in [0.717, 1.165) is 47.1 Å². The summed E-state index contributed by atoms with van der Waals surface area (Å²) in [4.78, 5) is 16.6. The van der Waals surface area contributed by atoms with Gasteiger partial charge in [0, 0.05) is 29.9 Å². The normalized spacial score (nSPS) is 14.0. The van der Waals surface area contributed by atoms with Crippen LogP contribution in [0, 0.1) is 5.92 Å². The van der Waals surface area contributed by atoms with Crippen LogP contribution in [0.2, 0.25) is 0 Å². The first-order chi connectivity index (χ1) is 12.2. The minimum absolute atomic E-state index is 0.190. The lowest BCUT2D eigenvalue weighted by Gasteiger charge is -2.10. The molecule has 4 nitrogen and oxygen atoms in total. The number of imidazole rings is 1. The van der Waals surface area contributed by atoms with Crippen molar-refractivity contribution in [3.63, 3.8) is 0 Å². The van der Waals surface area contributed by atoms with E-state index < -0.39 is 0 Å². The first kappa shape index (κ1) is 16.3. The topological polar surface area (TPSA) is 46.9 Å². The van der Waals surface area contributed by atoms with E-state index in [-0.39, 0.29) is 11.8 Å². The summed E-state index contributed by atoms with van der Waals surface area (Å²) >= 11 is 3.48. The Morgan fingerprint density at radius 1 is 1.16 bits per heavy atom. The highest BCUT2D eigenvalue weighted by Gasteiger charge is 2.29. The lowest BCUT2D eigenvalue weighted by Crippen LogP contribution is -2.27. The molecule has 0 spiro atoms. The second kappa shape index (κ2) is 7.00. The van der Waals surface area contributed by atoms with Gasteiger partial charge in [0.2, 0.25) is 5.91 Å². The Kier molecular flexibility index (Phi) is 4.57. The number of hydrogen-bond acceptors (Lipinski definition) is 2. The fourth-order valence-electron chi connectivity index (χ4n) is 3.05. The van der Waals surface area contributed by atoms with E-state index in [1.807, 2.05) is 18.2 Å². The molecule has 0 aliphatic heterocycles. The molecule has 0 radical (unpaired) electrons. The molecule has 1 aliphatic rings. The molecule has 1 aromatic heterocycles. The van der Waals surface area contributed by atoms with Gasteiger partial charge < -0.3 is 9.88 Å². The number of amides is 1. The Balaban J connectivity index is 1.56. The molecular formula is C20H20BrN3O. The molecule has 3 aromatic rings. The van der Waals surface area contributed by atoms with Crippen molar-refractivity contribution < 1.29 is 4.79 Å². The summed E-state index contributed by atoms with van der Waals surface area (Å²) in [7, 11) is 0. The largest absolute Gasteiger partial charge is 0.355 e. The predicted octanol–water partition coefficient (Wildman–Crippen LogP) is 3.92. The number of carbonyl (C=O) groups is 1. The van der Waals surface area contributed by atoms with Crippen LogP contribution in [0.4, 0.5) is 0 Å². The van der Waals surface area contributed by atoms with Gasteiger partial charge in [0.25, 0.3) is 0 Å². The van der Waals surface area contributed by atoms with Gasteiger partial charge in [0.05, 0.1) is 11.0 Å². The average molecular weight is 398 g/mol. The van der Waals surface area contributed by atoms with Crippen molar-refractivity contribution in [1.29, 1.82) is 0 Å². The fourth-order valence-corrected chi connectivity index (χ4v) is 3.32. The van der Waals surface area contributed by atoms with Crippen molar-refractivity contribution in [2.24, 2.45) is 5.92 Å². The molecular weight excluding hydrogens is 378 g/mol. The average Bonchev–Trinajstić information content (AvgIpc) is 3.41. The van der Waals surface area contributed by atoms with Crippen molar-refractivity contribution in [3.05, 3.63) is 64.4 Å². The van der Waals surface area contributed by atoms with Gasteiger partial charge in [0.15, 0.2) is 0 Å². The van der Waals surface area contributed by atoms with Gasteiger partial charge in [-0.3, -0.25) is 4.79 Å². The van der Waals surface area contributed by atoms with E-state index in [4.69, 9.17) is 4.98 Å². The van der Waals surface area contributed by atoms with Crippen molar-refractivity contribution in [2.45, 2.75) is 25.8 Å². The van der Waals surface area contributed by atoms with E-state index in [1.54, 1.807) is 0 Å². The van der Waals surface area contributed by atoms with Crippen LogP contribution in [0.1, 0.15) is 24.2 Å². The van der Waals surface area contributed by atoms with Gasteiger partial charge in [-0.15, -0.1) is 0 Å². The number of halogens is 1. The standard InChI is InChI=1S/C20H20BrN3O/c21-16-9-5-14(6-10-16)13-24-18-4-2-1-3-17(18)23-19(24)11-12-22-20(25)15-7-8-15/h1-6,9-10,15H,7-8,11-13H2,(H,22,25). The van der Waals surface area contributed by atoms with Gasteiger partial charge >= 0.3 is 0 Å². The van der Waals surface area contributed by atoms with E-state index in [0.29, 0.717) is 6.54 Å². The van der Waals surface area contributed by atoms with Crippen LogP contribution in [0.5, 0.6) is 0 Å². The van der Waals surface area contributed by atoms with Crippen molar-refractivity contribution in [3.8, 4) is 0 Å². The smallest absolute Gasteiger partial charge is 0.223 e. The Morgan fingerprint density at radius 3 is 2.68 bits per heavy atom. The number of rotatable bonds is 6. The van der Waals surface area contributed by atoms with Crippen molar-refractivity contribution in [2.75, 3.05) is 6.54 Å². The summed E-state index contributed by atoms with van der Waals surface area (Å²) in [5.41, 5.74) is 3.37. The van der Waals surface area contributed by atoms with Crippen LogP contribution in [-0.4, -0.2) is 22.0 Å². The zero-order valence-corrected chi connectivity index (χ0v) is 15.5. The summed E-state index contributed by atoms with van der Waals surface area (Å²) in [5.74, 6) is 1.46. The van der Waals surface area contributed by atoms with Crippen LogP contribution < -0.4 is 5.32 Å². The first-order valence-corrected chi connectivity index (χ1v) is 9.46. The number of hydrogen-bond donors (Lipinski definition) is 1. The van der Waals surface area contributed by atoms with Crippen molar-refractivity contribution in [1.82, 2.24) is 14.9 Å². The second-order valence-electron chi connectivity index (χ2n) is 6.54. The molecule has 4 rings (SSSR count). The molecule has 128 valence electrons. The molecule has 25 heavy (non-hydrogen) atoms. The molecule has 1 aliphatic carbocycles. The predicted molar refractivity (Wildman–Crippen MR) is 102 cm³/mol. The third kappa shape index (κ3) is 3.76. The molecule has 0 bridgehead atoms. The number of benzene rings is 2. The molecule has 1 amide bonds. The van der Waals surface area contributed by atoms with Gasteiger partial charge in [0.1, 0.15) is 5.82 Å². The zero-order chi connectivity index (χ0) is 17.2. The second-order valence-corrected chi connectivity index (χ2v) is 7.46. The van der Waals surface area contributed by atoms with Gasteiger partial charge in [-0.05, 0) is 42.7 Å². The quantitative estimate of drug-likeness (QED) is 0.684. The van der Waals surface area contributed by atoms with Crippen LogP contribution >= 0.6 is 15.9 Å². The van der Waals surface area contributed by atoms with E-state index in [2.05, 4.69) is 56.1 Å². The third-order valence-electron chi connectivity index (χ3n) is 4.58. The maximum atomic E-state index is 11.8. The molecule has 1 heterocycles. The summed E-state index contributed by atoms with van der Waals surface area (Å²) in [6.07, 6.45) is 2.81. The maximum Gasteiger partial charge on any atom is 0.223 e. The summed E-state index contributed by atoms with van der Waals surface area (Å²) in [6.45, 7) is 1.42. The Labute approximate surface area is 155 Å². The molecule has 0 atom stereocenters. The highest BCUT2D eigenvalue weighted by Crippen LogP contribution is 2.28. The highest BCUT2D eigenvalue weighted by atomic mass is 79.9. The van der Waals surface area contributed by atoms with Crippen LogP contribution in [0.15, 0.2) is 53.0 Å². The molecule has 2 aromatic carbocycles. The molecule has 1 fully saturated rings. The van der Waals surface area contributed by atoms with E-state index >= 15 is 0 Å². The molecule has 0 saturated heterocycles. The Bertz CT molecular complexity index is 897. The van der Waals surface area contributed by atoms with Gasteiger partial charge in [-0.2, -0.15) is 0 Å². The van der Waals surface area contributed by atoms with E-state index in [1.165, 1.54) is 5.56 Å². The Morgan fingerprint density at radius 2 is 1.92 bits per heavy atom. The summed E-state index contributed by atoms with van der Waals surface area (Å²) in [5, 5.41) is 3.04. The lowest BCUT2D eigenvalue weighted by molar-refractivity contribution is -0.122. The number of nitrogens with zero attached hydrogens (tertiary/aromatic N) is 2. The van der Waals surface area contributed by atoms with Gasteiger partial charge in [-0.1, -0.05) is 40.2 Å². The zero-order valence-electron chi connectivity index (χ0n) is 13.9. The number of aromatic nitrogens is 2. The highest BCUT2D eigenvalue weighted by molar-refractivity contribution is 9.10. The number of fused-ring (bicyclic) bond motifs is 1. The Hall–Kier alpha value is -2.14. The van der Waals surface area contributed by atoms with Crippen LogP contribution in [0.3, 0.4) is 0 Å². The third-order valence-corrected chi connectivity index (χ3v) is 5.11. The van der Waals surface area contributed by atoms with Crippen molar-refractivity contribution >= 4 is 32.9 Å². The molecule has 0 unspecified atom stereocenters. The minimum atomic E-state index is 0.190.